The van der Waals surface area contributed by atoms with Crippen LogP contribution in [0.5, 0.6) is 11.5 Å². The molecule has 0 fully saturated rings. The molecule has 0 radical (unpaired) electrons. The van der Waals surface area contributed by atoms with Crippen LogP contribution >= 0.6 is 0 Å². The number of rotatable bonds is 6. The van der Waals surface area contributed by atoms with E-state index in [1.54, 1.807) is 44.0 Å². The molecule has 3 aromatic heterocycles. The van der Waals surface area contributed by atoms with Crippen molar-refractivity contribution in [1.29, 1.82) is 0 Å². The van der Waals surface area contributed by atoms with Crippen LogP contribution in [-0.4, -0.2) is 30.2 Å². The summed E-state index contributed by atoms with van der Waals surface area (Å²) in [6.45, 7) is 3.46. The van der Waals surface area contributed by atoms with Crippen molar-refractivity contribution in [3.05, 3.63) is 81.3 Å². The summed E-state index contributed by atoms with van der Waals surface area (Å²) in [5, 5.41) is 6.56. The number of aryl methyl sites for hydroxylation is 1. The number of hydrogen-bond acceptors (Lipinski definition) is 7. The highest BCUT2D eigenvalue weighted by Crippen LogP contribution is 2.37. The summed E-state index contributed by atoms with van der Waals surface area (Å²) in [5.74, 6) is -1.23. The monoisotopic (exact) mass is 479 g/mol. The first-order valence-corrected chi connectivity index (χ1v) is 10.5. The zero-order chi connectivity index (χ0) is 25.3. The Labute approximate surface area is 198 Å². The van der Waals surface area contributed by atoms with Crippen LogP contribution in [0.25, 0.3) is 11.1 Å². The standard InChI is InChI=1S/C23H22FN7O4/c1-12(2)31-11-15(22(33)29-23(31)34)21(32)28-14-4-5-17(16(24)8-14)35-18-6-7-26-20(25)19(18)13-9-27-30(3)10-13/h4-12H,1-3H3,(H2,25,26)(H,28,32)(H,29,33,34). The molecule has 0 atom stereocenters. The first-order chi connectivity index (χ1) is 16.6. The van der Waals surface area contributed by atoms with Gasteiger partial charge in [0.05, 0.1) is 11.8 Å². The Morgan fingerprint density at radius 1 is 1.20 bits per heavy atom. The molecule has 1 amide bonds. The average molecular weight is 479 g/mol. The van der Waals surface area contributed by atoms with Crippen LogP contribution in [-0.2, 0) is 7.05 Å². The predicted octanol–water partition coefficient (Wildman–Crippen LogP) is 2.68. The molecule has 0 unspecified atom stereocenters. The zero-order valence-corrected chi connectivity index (χ0v) is 19.1. The number of nitrogens with zero attached hydrogens (tertiary/aromatic N) is 4. The van der Waals surface area contributed by atoms with E-state index < -0.39 is 23.0 Å². The van der Waals surface area contributed by atoms with Gasteiger partial charge in [-0.05, 0) is 32.0 Å². The number of nitrogens with one attached hydrogen (secondary N) is 2. The molecule has 180 valence electrons. The van der Waals surface area contributed by atoms with Gasteiger partial charge in [-0.2, -0.15) is 5.10 Å². The van der Waals surface area contributed by atoms with Crippen LogP contribution < -0.4 is 27.0 Å². The van der Waals surface area contributed by atoms with Gasteiger partial charge in [0.2, 0.25) is 0 Å². The van der Waals surface area contributed by atoms with E-state index in [1.807, 2.05) is 0 Å². The highest BCUT2D eigenvalue weighted by atomic mass is 19.1. The molecular formula is C23H22FN7O4. The van der Waals surface area contributed by atoms with Gasteiger partial charge in [0.15, 0.2) is 11.6 Å². The fourth-order valence-electron chi connectivity index (χ4n) is 3.39. The number of nitrogen functional groups attached to an aromatic ring is 1. The maximum absolute atomic E-state index is 14.9. The average Bonchev–Trinajstić information content (AvgIpc) is 3.21. The first-order valence-electron chi connectivity index (χ1n) is 10.5. The molecule has 0 aliphatic carbocycles. The van der Waals surface area contributed by atoms with E-state index in [-0.39, 0.29) is 34.6 Å². The minimum atomic E-state index is -0.844. The Morgan fingerprint density at radius 2 is 1.97 bits per heavy atom. The lowest BCUT2D eigenvalue weighted by Crippen LogP contribution is -2.35. The fraction of sp³-hybridized carbons (Fsp3) is 0.174. The minimum Gasteiger partial charge on any atom is -0.453 e. The van der Waals surface area contributed by atoms with Crippen LogP contribution in [0.4, 0.5) is 15.9 Å². The molecule has 1 aromatic carbocycles. The molecule has 35 heavy (non-hydrogen) atoms. The second-order valence-electron chi connectivity index (χ2n) is 7.98. The van der Waals surface area contributed by atoms with Gasteiger partial charge in [-0.1, -0.05) is 0 Å². The molecule has 0 saturated heterocycles. The van der Waals surface area contributed by atoms with Crippen molar-refractivity contribution in [2.75, 3.05) is 11.1 Å². The van der Waals surface area contributed by atoms with Gasteiger partial charge in [-0.3, -0.25) is 23.8 Å². The molecule has 0 bridgehead atoms. The summed E-state index contributed by atoms with van der Waals surface area (Å²) in [4.78, 5) is 42.8. The Morgan fingerprint density at radius 3 is 2.63 bits per heavy atom. The number of hydrogen-bond donors (Lipinski definition) is 3. The molecule has 0 aliphatic heterocycles. The second-order valence-corrected chi connectivity index (χ2v) is 7.98. The van der Waals surface area contributed by atoms with E-state index in [9.17, 15) is 18.8 Å². The molecule has 0 spiro atoms. The van der Waals surface area contributed by atoms with E-state index in [2.05, 4.69) is 20.4 Å². The lowest BCUT2D eigenvalue weighted by molar-refractivity contribution is 0.102. The van der Waals surface area contributed by atoms with Crippen molar-refractivity contribution >= 4 is 17.4 Å². The van der Waals surface area contributed by atoms with Crippen LogP contribution in [0, 0.1) is 5.82 Å². The second kappa shape index (κ2) is 9.25. The summed E-state index contributed by atoms with van der Waals surface area (Å²) < 4.78 is 23.4. The Kier molecular flexibility index (Phi) is 6.19. The molecule has 11 nitrogen and oxygen atoms in total. The van der Waals surface area contributed by atoms with Gasteiger partial charge in [0.1, 0.15) is 17.1 Å². The maximum atomic E-state index is 14.9. The number of pyridine rings is 1. The minimum absolute atomic E-state index is 0.0864. The summed E-state index contributed by atoms with van der Waals surface area (Å²) >= 11 is 0. The quantitative estimate of drug-likeness (QED) is 0.385. The number of amides is 1. The van der Waals surface area contributed by atoms with Crippen molar-refractivity contribution in [3.8, 4) is 22.6 Å². The van der Waals surface area contributed by atoms with E-state index in [0.717, 1.165) is 6.07 Å². The number of ether oxygens (including phenoxy) is 1. The predicted molar refractivity (Wildman–Crippen MR) is 127 cm³/mol. The summed E-state index contributed by atoms with van der Waals surface area (Å²) in [6, 6.07) is 5.06. The van der Waals surface area contributed by atoms with Crippen LogP contribution in [0.3, 0.4) is 0 Å². The fourth-order valence-corrected chi connectivity index (χ4v) is 3.39. The Balaban J connectivity index is 1.59. The highest BCUT2D eigenvalue weighted by molar-refractivity contribution is 6.03. The zero-order valence-electron chi connectivity index (χ0n) is 19.1. The summed E-state index contributed by atoms with van der Waals surface area (Å²) in [7, 11) is 1.74. The molecular weight excluding hydrogens is 457 g/mol. The molecule has 3 heterocycles. The van der Waals surface area contributed by atoms with Gasteiger partial charge in [-0.15, -0.1) is 0 Å². The number of halogens is 1. The highest BCUT2D eigenvalue weighted by Gasteiger charge is 2.18. The molecule has 0 saturated carbocycles. The SMILES string of the molecule is CC(C)n1cc(C(=O)Nc2ccc(Oc3ccnc(N)c3-c3cnn(C)c3)c(F)c2)c(=O)[nH]c1=O. The third kappa shape index (κ3) is 4.81. The third-order valence-corrected chi connectivity index (χ3v) is 5.11. The van der Waals surface area contributed by atoms with E-state index in [4.69, 9.17) is 10.5 Å². The van der Waals surface area contributed by atoms with Gasteiger partial charge >= 0.3 is 5.69 Å². The van der Waals surface area contributed by atoms with Gasteiger partial charge in [0, 0.05) is 49.0 Å². The van der Waals surface area contributed by atoms with E-state index in [0.29, 0.717) is 11.1 Å². The van der Waals surface area contributed by atoms with Crippen molar-refractivity contribution in [2.45, 2.75) is 19.9 Å². The van der Waals surface area contributed by atoms with Crippen molar-refractivity contribution in [1.82, 2.24) is 24.3 Å². The van der Waals surface area contributed by atoms with Crippen molar-refractivity contribution < 1.29 is 13.9 Å². The third-order valence-electron chi connectivity index (χ3n) is 5.11. The molecule has 4 aromatic rings. The number of anilines is 2. The topological polar surface area (TPSA) is 150 Å². The lowest BCUT2D eigenvalue weighted by Gasteiger charge is -2.13. The molecule has 4 N–H and O–H groups in total. The number of carbonyl (C=O) groups excluding carboxylic acids is 1. The number of aromatic amines is 1. The lowest BCUT2D eigenvalue weighted by atomic mass is 10.1. The van der Waals surface area contributed by atoms with E-state index in [1.165, 1.54) is 29.1 Å². The van der Waals surface area contributed by atoms with Crippen LogP contribution in [0.1, 0.15) is 30.2 Å². The molecule has 4 rings (SSSR count). The maximum Gasteiger partial charge on any atom is 0.328 e. The molecule has 12 heteroatoms. The summed E-state index contributed by atoms with van der Waals surface area (Å²) in [5.41, 5.74) is 5.45. The first kappa shape index (κ1) is 23.4. The normalized spacial score (nSPS) is 11.0. The Hall–Kier alpha value is -4.74. The summed E-state index contributed by atoms with van der Waals surface area (Å²) in [6.07, 6.45) is 5.91. The van der Waals surface area contributed by atoms with Crippen LogP contribution in [0.15, 0.2) is 58.6 Å². The largest absolute Gasteiger partial charge is 0.453 e. The number of nitrogens with two attached hydrogens (primary N) is 1. The van der Waals surface area contributed by atoms with Crippen molar-refractivity contribution in [3.63, 3.8) is 0 Å². The van der Waals surface area contributed by atoms with Gasteiger partial charge in [-0.25, -0.2) is 14.2 Å². The van der Waals surface area contributed by atoms with Crippen LogP contribution in [0.2, 0.25) is 0 Å². The van der Waals surface area contributed by atoms with E-state index >= 15 is 0 Å². The molecule has 0 aliphatic rings. The van der Waals surface area contributed by atoms with Gasteiger partial charge < -0.3 is 15.8 Å². The number of benzene rings is 1. The number of H-pyrrole nitrogens is 1. The van der Waals surface area contributed by atoms with Gasteiger partial charge in [0.25, 0.3) is 11.5 Å². The number of carbonyl (C=O) groups is 1. The number of aromatic nitrogens is 5. The Bertz CT molecular complexity index is 1540. The smallest absolute Gasteiger partial charge is 0.328 e. The van der Waals surface area contributed by atoms with Crippen molar-refractivity contribution in [2.24, 2.45) is 7.05 Å².